The molecule has 5 atom stereocenters. The van der Waals surface area contributed by atoms with Gasteiger partial charge in [0.2, 0.25) is 0 Å². The molecule has 3 rings (SSSR count). The van der Waals surface area contributed by atoms with E-state index in [-0.39, 0.29) is 24.2 Å². The van der Waals surface area contributed by atoms with Gasteiger partial charge in [0, 0.05) is 13.1 Å². The Kier molecular flexibility index (Phi) is 3.46. The Morgan fingerprint density at radius 3 is 2.38 bits per heavy atom. The third kappa shape index (κ3) is 2.23. The second-order valence-electron chi connectivity index (χ2n) is 6.26. The highest BCUT2D eigenvalue weighted by Gasteiger charge is 2.62. The molecule has 0 spiro atoms. The summed E-state index contributed by atoms with van der Waals surface area (Å²) < 4.78 is 21.5. The van der Waals surface area contributed by atoms with Crippen LogP contribution in [-0.4, -0.2) is 68.2 Å². The average Bonchev–Trinajstić information content (AvgIpc) is 3.02. The quantitative estimate of drug-likeness (QED) is 0.653. The summed E-state index contributed by atoms with van der Waals surface area (Å²) in [4.78, 5) is 26.2. The van der Waals surface area contributed by atoms with Gasteiger partial charge >= 0.3 is 11.9 Å². The zero-order valence-corrected chi connectivity index (χ0v) is 12.7. The molecule has 3 saturated heterocycles. The fourth-order valence-corrected chi connectivity index (χ4v) is 3.90. The van der Waals surface area contributed by atoms with E-state index in [1.165, 1.54) is 14.2 Å². The van der Waals surface area contributed by atoms with E-state index in [2.05, 4.69) is 4.90 Å². The maximum atomic E-state index is 12.2. The highest BCUT2D eigenvalue weighted by Crippen LogP contribution is 2.45. The van der Waals surface area contributed by atoms with Crippen LogP contribution in [0.5, 0.6) is 0 Å². The molecule has 0 N–H and O–H groups in total. The van der Waals surface area contributed by atoms with E-state index in [0.717, 1.165) is 0 Å². The molecule has 0 aromatic rings. The summed E-state index contributed by atoms with van der Waals surface area (Å²) in [6, 6.07) is -0.201. The van der Waals surface area contributed by atoms with Crippen molar-refractivity contribution in [2.45, 2.75) is 37.9 Å². The van der Waals surface area contributed by atoms with Crippen LogP contribution in [0.3, 0.4) is 0 Å². The largest absolute Gasteiger partial charge is 0.469 e. The van der Waals surface area contributed by atoms with E-state index in [1.807, 2.05) is 13.8 Å². The summed E-state index contributed by atoms with van der Waals surface area (Å²) in [6.45, 7) is 4.84. The van der Waals surface area contributed by atoms with Crippen molar-refractivity contribution in [2.24, 2.45) is 11.8 Å². The molecule has 0 saturated carbocycles. The zero-order valence-electron chi connectivity index (χ0n) is 12.7. The van der Waals surface area contributed by atoms with E-state index >= 15 is 0 Å². The lowest BCUT2D eigenvalue weighted by molar-refractivity contribution is -0.166. The molecule has 118 valence electrons. The maximum absolute atomic E-state index is 12.2. The van der Waals surface area contributed by atoms with Gasteiger partial charge in [0.1, 0.15) is 12.2 Å². The summed E-state index contributed by atoms with van der Waals surface area (Å²) in [5.74, 6) is -2.53. The van der Waals surface area contributed by atoms with Gasteiger partial charge in [-0.25, -0.2) is 0 Å². The number of carbonyl (C=O) groups is 2. The fraction of sp³-hybridized carbons (Fsp3) is 0.857. The van der Waals surface area contributed by atoms with Crippen LogP contribution in [0.25, 0.3) is 0 Å². The van der Waals surface area contributed by atoms with E-state index in [4.69, 9.17) is 18.9 Å². The van der Waals surface area contributed by atoms with Gasteiger partial charge in [-0.05, 0) is 13.8 Å². The summed E-state index contributed by atoms with van der Waals surface area (Å²) in [7, 11) is 2.67. The smallest absolute Gasteiger partial charge is 0.311 e. The number of carbonyl (C=O) groups excluding carboxylic acids is 2. The van der Waals surface area contributed by atoms with Crippen LogP contribution in [0, 0.1) is 11.8 Å². The monoisotopic (exact) mass is 299 g/mol. The van der Waals surface area contributed by atoms with Gasteiger partial charge in [-0.2, -0.15) is 0 Å². The van der Waals surface area contributed by atoms with Crippen LogP contribution in [0.2, 0.25) is 0 Å². The molecule has 0 amide bonds. The van der Waals surface area contributed by atoms with Gasteiger partial charge in [0.15, 0.2) is 5.79 Å². The van der Waals surface area contributed by atoms with E-state index < -0.39 is 23.6 Å². The van der Waals surface area contributed by atoms with Crippen molar-refractivity contribution in [3.05, 3.63) is 0 Å². The standard InChI is InChI=1S/C14H21NO6/c1-14(2)20-8-6-15-5-7(12(16)18-3)9(13(17)19-4)10(15)11(8)21-14/h7-11H,5-6H2,1-4H3/t7-,8-,9+,10+,11-/m1/s1. The molecular formula is C14H21NO6. The molecule has 0 radical (unpaired) electrons. The molecule has 3 aliphatic rings. The van der Waals surface area contributed by atoms with Crippen molar-refractivity contribution < 1.29 is 28.5 Å². The number of ether oxygens (including phenoxy) is 4. The summed E-state index contributed by atoms with van der Waals surface area (Å²) in [6.07, 6.45) is -0.297. The zero-order chi connectivity index (χ0) is 15.4. The van der Waals surface area contributed by atoms with Gasteiger partial charge in [-0.15, -0.1) is 0 Å². The van der Waals surface area contributed by atoms with Crippen LogP contribution in [0.15, 0.2) is 0 Å². The number of nitrogens with zero attached hydrogens (tertiary/aromatic N) is 1. The number of hydrogen-bond donors (Lipinski definition) is 0. The predicted molar refractivity (Wildman–Crippen MR) is 70.2 cm³/mol. The normalized spacial score (nSPS) is 40.7. The molecule has 0 unspecified atom stereocenters. The number of hydrogen-bond acceptors (Lipinski definition) is 7. The third-order valence-electron chi connectivity index (χ3n) is 4.60. The highest BCUT2D eigenvalue weighted by molar-refractivity contribution is 5.83. The Balaban J connectivity index is 1.88. The predicted octanol–water partition coefficient (Wildman–Crippen LogP) is -0.217. The first-order chi connectivity index (χ1) is 9.88. The molecule has 0 aromatic heterocycles. The Bertz CT molecular complexity index is 464. The first kappa shape index (κ1) is 14.7. The van der Waals surface area contributed by atoms with Gasteiger partial charge < -0.3 is 18.9 Å². The average molecular weight is 299 g/mol. The molecule has 3 heterocycles. The van der Waals surface area contributed by atoms with Crippen LogP contribution in [0.4, 0.5) is 0 Å². The van der Waals surface area contributed by atoms with Crippen LogP contribution >= 0.6 is 0 Å². The van der Waals surface area contributed by atoms with Crippen molar-refractivity contribution in [1.29, 1.82) is 0 Å². The Hall–Kier alpha value is -1.18. The molecule has 0 aliphatic carbocycles. The summed E-state index contributed by atoms with van der Waals surface area (Å²) >= 11 is 0. The number of rotatable bonds is 2. The number of methoxy groups -OCH3 is 2. The first-order valence-electron chi connectivity index (χ1n) is 7.13. The van der Waals surface area contributed by atoms with Crippen LogP contribution in [-0.2, 0) is 28.5 Å². The molecule has 7 nitrogen and oxygen atoms in total. The molecule has 0 bridgehead atoms. The maximum Gasteiger partial charge on any atom is 0.311 e. The SMILES string of the molecule is COC(=O)[C@@H]1[C@H]2[C@@H]3OC(C)(C)O[C@@H]3CN2C[C@H]1C(=O)OC. The first-order valence-corrected chi connectivity index (χ1v) is 7.13. The fourth-order valence-electron chi connectivity index (χ4n) is 3.90. The molecule has 0 aromatic carbocycles. The van der Waals surface area contributed by atoms with E-state index in [9.17, 15) is 9.59 Å². The molecule has 3 aliphatic heterocycles. The van der Waals surface area contributed by atoms with E-state index in [1.54, 1.807) is 0 Å². The Morgan fingerprint density at radius 2 is 1.76 bits per heavy atom. The third-order valence-corrected chi connectivity index (χ3v) is 4.60. The molecule has 21 heavy (non-hydrogen) atoms. The minimum Gasteiger partial charge on any atom is -0.469 e. The minimum absolute atomic E-state index is 0.0734. The second-order valence-corrected chi connectivity index (χ2v) is 6.26. The van der Waals surface area contributed by atoms with Crippen LogP contribution in [0.1, 0.15) is 13.8 Å². The molecular weight excluding hydrogens is 278 g/mol. The van der Waals surface area contributed by atoms with Crippen molar-refractivity contribution >= 4 is 11.9 Å². The van der Waals surface area contributed by atoms with Crippen LogP contribution < -0.4 is 0 Å². The lowest BCUT2D eigenvalue weighted by Crippen LogP contribution is -2.42. The lowest BCUT2D eigenvalue weighted by atomic mass is 9.87. The van der Waals surface area contributed by atoms with Crippen molar-refractivity contribution in [3.63, 3.8) is 0 Å². The number of fused-ring (bicyclic) bond motifs is 3. The summed E-state index contributed by atoms with van der Waals surface area (Å²) in [5.41, 5.74) is 0. The van der Waals surface area contributed by atoms with Crippen molar-refractivity contribution in [2.75, 3.05) is 27.3 Å². The second kappa shape index (κ2) is 4.93. The minimum atomic E-state index is -0.661. The molecule has 7 heteroatoms. The molecule has 3 fully saturated rings. The topological polar surface area (TPSA) is 74.3 Å². The van der Waals surface area contributed by atoms with Gasteiger partial charge in [-0.3, -0.25) is 14.5 Å². The lowest BCUT2D eigenvalue weighted by Gasteiger charge is -2.26. The van der Waals surface area contributed by atoms with Crippen molar-refractivity contribution in [3.8, 4) is 0 Å². The van der Waals surface area contributed by atoms with Crippen molar-refractivity contribution in [1.82, 2.24) is 4.90 Å². The van der Waals surface area contributed by atoms with Gasteiger partial charge in [0.25, 0.3) is 0 Å². The van der Waals surface area contributed by atoms with Gasteiger partial charge in [0.05, 0.1) is 32.1 Å². The number of esters is 2. The summed E-state index contributed by atoms with van der Waals surface area (Å²) in [5, 5.41) is 0. The highest BCUT2D eigenvalue weighted by atomic mass is 16.8. The Morgan fingerprint density at radius 1 is 1.10 bits per heavy atom. The van der Waals surface area contributed by atoms with E-state index in [0.29, 0.717) is 13.1 Å². The Labute approximate surface area is 123 Å². The van der Waals surface area contributed by atoms with Gasteiger partial charge in [-0.1, -0.05) is 0 Å².